The molecule has 1 saturated heterocycles. The number of carbonyl (C=O) groups is 1. The number of amides is 1. The molecular weight excluding hydrogens is 320 g/mol. The van der Waals surface area contributed by atoms with Crippen LogP contribution in [0.25, 0.3) is 0 Å². The van der Waals surface area contributed by atoms with Crippen molar-refractivity contribution in [3.05, 3.63) is 28.2 Å². The Labute approximate surface area is 127 Å². The number of hydrogen-bond donors (Lipinski definition) is 2. The van der Waals surface area contributed by atoms with Gasteiger partial charge in [0.25, 0.3) is 0 Å². The van der Waals surface area contributed by atoms with Crippen LogP contribution in [0.1, 0.15) is 12.0 Å². The molecule has 1 fully saturated rings. The summed E-state index contributed by atoms with van der Waals surface area (Å²) in [5, 5.41) is 15.2. The van der Waals surface area contributed by atoms with Crippen LogP contribution in [0.15, 0.2) is 22.7 Å². The summed E-state index contributed by atoms with van der Waals surface area (Å²) in [5.41, 5.74) is 1.03. The largest absolute Gasteiger partial charge is 0.324 e. The number of nitriles is 1. The molecular formula is C14H17BrN4O. The van der Waals surface area contributed by atoms with Gasteiger partial charge in [0.2, 0.25) is 5.91 Å². The molecule has 0 radical (unpaired) electrons. The first kappa shape index (κ1) is 15.0. The molecule has 6 heteroatoms. The predicted molar refractivity (Wildman–Crippen MR) is 81.4 cm³/mol. The molecule has 1 heterocycles. The molecule has 0 spiro atoms. The average Bonchev–Trinajstić information content (AvgIpc) is 2.67. The lowest BCUT2D eigenvalue weighted by molar-refractivity contribution is -0.117. The Hall–Kier alpha value is -1.42. The minimum absolute atomic E-state index is 0.0819. The Morgan fingerprint density at radius 2 is 2.30 bits per heavy atom. The monoisotopic (exact) mass is 336 g/mol. The van der Waals surface area contributed by atoms with E-state index in [9.17, 15) is 4.79 Å². The second-order valence-electron chi connectivity index (χ2n) is 4.73. The maximum absolute atomic E-state index is 12.1. The molecule has 0 atom stereocenters. The highest BCUT2D eigenvalue weighted by Crippen LogP contribution is 2.20. The molecule has 0 saturated carbocycles. The van der Waals surface area contributed by atoms with Crippen molar-refractivity contribution in [1.29, 1.82) is 5.26 Å². The van der Waals surface area contributed by atoms with E-state index in [4.69, 9.17) is 5.26 Å². The van der Waals surface area contributed by atoms with Gasteiger partial charge in [-0.3, -0.25) is 9.69 Å². The third kappa shape index (κ3) is 4.30. The fraction of sp³-hybridized carbons (Fsp3) is 0.429. The number of benzene rings is 1. The quantitative estimate of drug-likeness (QED) is 0.878. The summed E-state index contributed by atoms with van der Waals surface area (Å²) in [6, 6.07) is 7.31. The summed E-state index contributed by atoms with van der Waals surface area (Å²) in [4.78, 5) is 14.2. The SMILES string of the molecule is N#Cc1ccc(Br)cc1NC(=O)CN1CCCNCC1. The van der Waals surface area contributed by atoms with E-state index in [1.54, 1.807) is 18.2 Å². The normalized spacial score (nSPS) is 16.2. The van der Waals surface area contributed by atoms with Crippen molar-refractivity contribution in [3.63, 3.8) is 0 Å². The van der Waals surface area contributed by atoms with Gasteiger partial charge < -0.3 is 10.6 Å². The van der Waals surface area contributed by atoms with Crippen LogP contribution in [0, 0.1) is 11.3 Å². The van der Waals surface area contributed by atoms with Crippen LogP contribution < -0.4 is 10.6 Å². The van der Waals surface area contributed by atoms with Gasteiger partial charge in [-0.1, -0.05) is 15.9 Å². The lowest BCUT2D eigenvalue weighted by Gasteiger charge is -2.18. The zero-order valence-electron chi connectivity index (χ0n) is 11.2. The molecule has 0 unspecified atom stereocenters. The van der Waals surface area contributed by atoms with Gasteiger partial charge in [0.15, 0.2) is 0 Å². The minimum Gasteiger partial charge on any atom is -0.324 e. The zero-order valence-corrected chi connectivity index (χ0v) is 12.7. The van der Waals surface area contributed by atoms with Crippen LogP contribution >= 0.6 is 15.9 Å². The van der Waals surface area contributed by atoms with E-state index >= 15 is 0 Å². The molecule has 1 amide bonds. The summed E-state index contributed by atoms with van der Waals surface area (Å²) >= 11 is 3.34. The smallest absolute Gasteiger partial charge is 0.238 e. The van der Waals surface area contributed by atoms with E-state index in [2.05, 4.69) is 37.5 Å². The summed E-state index contributed by atoms with van der Waals surface area (Å²) in [7, 11) is 0. The van der Waals surface area contributed by atoms with E-state index in [0.29, 0.717) is 17.8 Å². The minimum atomic E-state index is -0.0819. The lowest BCUT2D eigenvalue weighted by atomic mass is 10.2. The van der Waals surface area contributed by atoms with E-state index in [1.807, 2.05) is 0 Å². The Balaban J connectivity index is 1.97. The lowest BCUT2D eigenvalue weighted by Crippen LogP contribution is -2.35. The topological polar surface area (TPSA) is 68.2 Å². The first-order valence-electron chi connectivity index (χ1n) is 6.61. The summed E-state index contributed by atoms with van der Waals surface area (Å²) in [5.74, 6) is -0.0819. The number of hydrogen-bond acceptors (Lipinski definition) is 4. The zero-order chi connectivity index (χ0) is 14.4. The Kier molecular flexibility index (Phi) is 5.53. The van der Waals surface area contributed by atoms with Crippen molar-refractivity contribution in [1.82, 2.24) is 10.2 Å². The predicted octanol–water partition coefficient (Wildman–Crippen LogP) is 1.55. The molecule has 2 rings (SSSR count). The number of nitrogens with one attached hydrogen (secondary N) is 2. The van der Waals surface area contributed by atoms with Crippen LogP contribution in [0.2, 0.25) is 0 Å². The Bertz CT molecular complexity index is 518. The molecule has 0 bridgehead atoms. The van der Waals surface area contributed by atoms with Crippen molar-refractivity contribution in [2.24, 2.45) is 0 Å². The molecule has 2 N–H and O–H groups in total. The fourth-order valence-electron chi connectivity index (χ4n) is 2.17. The molecule has 1 aromatic carbocycles. The van der Waals surface area contributed by atoms with Gasteiger partial charge in [-0.25, -0.2) is 0 Å². The van der Waals surface area contributed by atoms with E-state index in [0.717, 1.165) is 37.1 Å². The van der Waals surface area contributed by atoms with E-state index in [1.165, 1.54) is 0 Å². The third-order valence-corrected chi connectivity index (χ3v) is 3.67. The second kappa shape index (κ2) is 7.39. The average molecular weight is 337 g/mol. The second-order valence-corrected chi connectivity index (χ2v) is 5.65. The first-order chi connectivity index (χ1) is 9.69. The molecule has 1 aliphatic rings. The van der Waals surface area contributed by atoms with Crippen LogP contribution in [0.5, 0.6) is 0 Å². The molecule has 20 heavy (non-hydrogen) atoms. The van der Waals surface area contributed by atoms with Crippen molar-refractivity contribution in [2.45, 2.75) is 6.42 Å². The molecule has 0 aliphatic carbocycles. The Morgan fingerprint density at radius 3 is 3.10 bits per heavy atom. The van der Waals surface area contributed by atoms with Gasteiger partial charge in [-0.05, 0) is 37.7 Å². The number of nitrogens with zero attached hydrogens (tertiary/aromatic N) is 2. The first-order valence-corrected chi connectivity index (χ1v) is 7.41. The van der Waals surface area contributed by atoms with Crippen molar-refractivity contribution in [3.8, 4) is 6.07 Å². The van der Waals surface area contributed by atoms with Gasteiger partial charge >= 0.3 is 0 Å². The number of carbonyl (C=O) groups excluding carboxylic acids is 1. The van der Waals surface area contributed by atoms with Crippen LogP contribution in [-0.4, -0.2) is 43.5 Å². The standard InChI is InChI=1S/C14H17BrN4O/c15-12-3-2-11(9-16)13(8-12)18-14(20)10-19-6-1-4-17-5-7-19/h2-3,8,17H,1,4-7,10H2,(H,18,20). The fourth-order valence-corrected chi connectivity index (χ4v) is 2.53. The van der Waals surface area contributed by atoms with Crippen molar-refractivity contribution < 1.29 is 4.79 Å². The Morgan fingerprint density at radius 1 is 1.45 bits per heavy atom. The van der Waals surface area contributed by atoms with Crippen LogP contribution in [0.4, 0.5) is 5.69 Å². The highest BCUT2D eigenvalue weighted by molar-refractivity contribution is 9.10. The van der Waals surface area contributed by atoms with Crippen molar-refractivity contribution in [2.75, 3.05) is 38.0 Å². The van der Waals surface area contributed by atoms with E-state index in [-0.39, 0.29) is 5.91 Å². The summed E-state index contributed by atoms with van der Waals surface area (Å²) in [6.07, 6.45) is 1.05. The van der Waals surface area contributed by atoms with Gasteiger partial charge in [0, 0.05) is 17.6 Å². The molecule has 1 aromatic rings. The molecule has 106 valence electrons. The maximum Gasteiger partial charge on any atom is 0.238 e. The highest BCUT2D eigenvalue weighted by atomic mass is 79.9. The van der Waals surface area contributed by atoms with Crippen molar-refractivity contribution >= 4 is 27.5 Å². The molecule has 5 nitrogen and oxygen atoms in total. The van der Waals surface area contributed by atoms with Crippen LogP contribution in [-0.2, 0) is 4.79 Å². The third-order valence-electron chi connectivity index (χ3n) is 3.18. The maximum atomic E-state index is 12.1. The molecule has 0 aromatic heterocycles. The number of anilines is 1. The summed E-state index contributed by atoms with van der Waals surface area (Å²) in [6.45, 7) is 4.07. The van der Waals surface area contributed by atoms with Gasteiger partial charge in [0.05, 0.1) is 17.8 Å². The number of halogens is 1. The number of rotatable bonds is 3. The molecule has 1 aliphatic heterocycles. The summed E-state index contributed by atoms with van der Waals surface area (Å²) < 4.78 is 0.839. The van der Waals surface area contributed by atoms with E-state index < -0.39 is 0 Å². The van der Waals surface area contributed by atoms with Gasteiger partial charge in [-0.2, -0.15) is 5.26 Å². The van der Waals surface area contributed by atoms with Gasteiger partial charge in [-0.15, -0.1) is 0 Å². The highest BCUT2D eigenvalue weighted by Gasteiger charge is 2.14. The van der Waals surface area contributed by atoms with Gasteiger partial charge in [0.1, 0.15) is 6.07 Å². The van der Waals surface area contributed by atoms with Crippen LogP contribution in [0.3, 0.4) is 0 Å².